The van der Waals surface area contributed by atoms with Crippen molar-refractivity contribution in [2.45, 2.75) is 46.0 Å². The van der Waals surface area contributed by atoms with Crippen molar-refractivity contribution in [3.05, 3.63) is 29.3 Å². The Morgan fingerprint density at radius 3 is 2.39 bits per heavy atom. The number of likely N-dealkylation sites (tertiary alicyclic amines) is 1. The van der Waals surface area contributed by atoms with E-state index in [1.165, 1.54) is 47.5 Å². The number of rotatable bonds is 5. The molecule has 4 rings (SSSR count). The zero-order valence-electron chi connectivity index (χ0n) is 19.3. The molecule has 1 aliphatic carbocycles. The summed E-state index contributed by atoms with van der Waals surface area (Å²) in [5.74, 6) is 2.04. The maximum absolute atomic E-state index is 12.9. The Kier molecular flexibility index (Phi) is 7.28. The highest BCUT2D eigenvalue weighted by Crippen LogP contribution is 2.35. The molecule has 6 nitrogen and oxygen atoms in total. The zero-order chi connectivity index (χ0) is 21.8. The van der Waals surface area contributed by atoms with E-state index < -0.39 is 0 Å². The van der Waals surface area contributed by atoms with Crippen molar-refractivity contribution in [3.8, 4) is 0 Å². The van der Waals surface area contributed by atoms with Gasteiger partial charge in [-0.25, -0.2) is 0 Å². The van der Waals surface area contributed by atoms with Gasteiger partial charge in [-0.15, -0.1) is 0 Å². The van der Waals surface area contributed by atoms with E-state index in [1.807, 2.05) is 19.1 Å². The Labute approximate surface area is 187 Å². The van der Waals surface area contributed by atoms with Gasteiger partial charge in [0.2, 0.25) is 0 Å². The van der Waals surface area contributed by atoms with Gasteiger partial charge in [0.15, 0.2) is 13.1 Å². The van der Waals surface area contributed by atoms with Crippen molar-refractivity contribution in [1.82, 2.24) is 4.90 Å². The number of nitrogens with one attached hydrogen (secondary N) is 3. The first-order chi connectivity index (χ1) is 15.0. The highest BCUT2D eigenvalue weighted by Gasteiger charge is 2.34. The van der Waals surface area contributed by atoms with Gasteiger partial charge in [-0.3, -0.25) is 9.59 Å². The molecule has 3 N–H and O–H groups in total. The Balaban J connectivity index is 1.18. The van der Waals surface area contributed by atoms with Crippen molar-refractivity contribution in [2.75, 3.05) is 57.7 Å². The van der Waals surface area contributed by atoms with Crippen molar-refractivity contribution < 1.29 is 19.4 Å². The molecule has 0 bridgehead atoms. The molecule has 0 aromatic heterocycles. The largest absolute Gasteiger partial charge is 0.338 e. The quantitative estimate of drug-likeness (QED) is 0.622. The normalized spacial score (nSPS) is 28.6. The van der Waals surface area contributed by atoms with E-state index in [1.54, 1.807) is 0 Å². The van der Waals surface area contributed by atoms with Crippen LogP contribution in [0.4, 0.5) is 5.69 Å². The van der Waals surface area contributed by atoms with Crippen molar-refractivity contribution in [2.24, 2.45) is 11.8 Å². The summed E-state index contributed by atoms with van der Waals surface area (Å²) in [6, 6.07) is 6.02. The van der Waals surface area contributed by atoms with Gasteiger partial charge < -0.3 is 20.0 Å². The molecule has 6 heteroatoms. The lowest BCUT2D eigenvalue weighted by atomic mass is 9.75. The number of fused-ring (bicyclic) bond motifs is 1. The molecule has 170 valence electrons. The number of quaternary nitrogens is 2. The van der Waals surface area contributed by atoms with E-state index in [4.69, 9.17) is 0 Å². The fourth-order valence-electron chi connectivity index (χ4n) is 5.77. The standard InChI is InChI=1S/C25H38N4O2/c1-19-6-5-9-23(20(19)2)26-24(30)17-27-12-14-28(15-13-27)18-25(31)29-11-10-21-7-3-4-8-22(21)16-29/h5-6,9,21-22H,3-4,7-8,10-18H2,1-2H3,(H,26,30)/p+2/t21-,22+/m0/s1. The van der Waals surface area contributed by atoms with Crippen molar-refractivity contribution in [1.29, 1.82) is 0 Å². The van der Waals surface area contributed by atoms with Crippen LogP contribution in [0.2, 0.25) is 0 Å². The molecular formula is C25H40N4O2+2. The van der Waals surface area contributed by atoms with Gasteiger partial charge in [-0.05, 0) is 55.7 Å². The molecule has 1 aromatic carbocycles. The van der Waals surface area contributed by atoms with Gasteiger partial charge in [0.25, 0.3) is 11.8 Å². The molecule has 2 amide bonds. The molecule has 2 heterocycles. The Morgan fingerprint density at radius 2 is 1.65 bits per heavy atom. The summed E-state index contributed by atoms with van der Waals surface area (Å²) in [5.41, 5.74) is 3.25. The fraction of sp³-hybridized carbons (Fsp3) is 0.680. The van der Waals surface area contributed by atoms with Gasteiger partial charge in [-0.2, -0.15) is 0 Å². The van der Waals surface area contributed by atoms with Crippen LogP contribution in [-0.2, 0) is 9.59 Å². The van der Waals surface area contributed by atoms with Gasteiger partial charge in [0.05, 0.1) is 0 Å². The Bertz CT molecular complexity index is 788. The number of piperidine rings is 1. The van der Waals surface area contributed by atoms with E-state index in [-0.39, 0.29) is 5.91 Å². The minimum absolute atomic E-state index is 0.0820. The summed E-state index contributed by atoms with van der Waals surface area (Å²) in [7, 11) is 0. The van der Waals surface area contributed by atoms with Crippen LogP contribution >= 0.6 is 0 Å². The van der Waals surface area contributed by atoms with Crippen LogP contribution in [-0.4, -0.2) is 69.1 Å². The second-order valence-corrected chi connectivity index (χ2v) is 10.1. The van der Waals surface area contributed by atoms with Crippen LogP contribution in [0.25, 0.3) is 0 Å². The van der Waals surface area contributed by atoms with E-state index in [0.717, 1.165) is 62.4 Å². The predicted molar refractivity (Wildman–Crippen MR) is 122 cm³/mol. The number of carbonyl (C=O) groups excluding carboxylic acids is 2. The number of aryl methyl sites for hydroxylation is 1. The van der Waals surface area contributed by atoms with Crippen LogP contribution < -0.4 is 15.1 Å². The lowest BCUT2D eigenvalue weighted by molar-refractivity contribution is -1.00. The average molecular weight is 429 g/mol. The third-order valence-corrected chi connectivity index (χ3v) is 8.00. The van der Waals surface area contributed by atoms with Crippen LogP contribution in [0.5, 0.6) is 0 Å². The second-order valence-electron chi connectivity index (χ2n) is 10.1. The first-order valence-corrected chi connectivity index (χ1v) is 12.3. The minimum atomic E-state index is 0.0820. The Hall–Kier alpha value is -1.92. The number of piperazine rings is 1. The minimum Gasteiger partial charge on any atom is -0.338 e. The fourth-order valence-corrected chi connectivity index (χ4v) is 5.77. The van der Waals surface area contributed by atoms with E-state index >= 15 is 0 Å². The molecule has 3 aliphatic rings. The summed E-state index contributed by atoms with van der Waals surface area (Å²) in [5, 5.41) is 3.08. The van der Waals surface area contributed by atoms with Crippen LogP contribution in [0.3, 0.4) is 0 Å². The molecule has 2 atom stereocenters. The molecule has 1 aromatic rings. The molecular weight excluding hydrogens is 388 g/mol. The molecule has 0 unspecified atom stereocenters. The maximum atomic E-state index is 12.9. The number of hydrogen-bond acceptors (Lipinski definition) is 2. The smallest absolute Gasteiger partial charge is 0.279 e. The van der Waals surface area contributed by atoms with Crippen LogP contribution in [0, 0.1) is 25.7 Å². The highest BCUT2D eigenvalue weighted by molar-refractivity contribution is 5.92. The first kappa shape index (κ1) is 22.3. The number of anilines is 1. The third-order valence-electron chi connectivity index (χ3n) is 8.00. The number of amides is 2. The summed E-state index contributed by atoms with van der Waals surface area (Å²) in [6.45, 7) is 11.0. The van der Waals surface area contributed by atoms with Gasteiger partial charge in [-0.1, -0.05) is 31.4 Å². The van der Waals surface area contributed by atoms with E-state index in [0.29, 0.717) is 19.0 Å². The zero-order valence-corrected chi connectivity index (χ0v) is 19.3. The summed E-state index contributed by atoms with van der Waals surface area (Å²) in [6.07, 6.45) is 6.62. The van der Waals surface area contributed by atoms with Gasteiger partial charge in [0.1, 0.15) is 26.2 Å². The van der Waals surface area contributed by atoms with Crippen molar-refractivity contribution in [3.63, 3.8) is 0 Å². The lowest BCUT2D eigenvalue weighted by Crippen LogP contribution is -3.28. The molecule has 0 radical (unpaired) electrons. The van der Waals surface area contributed by atoms with Crippen molar-refractivity contribution >= 4 is 17.5 Å². The summed E-state index contributed by atoms with van der Waals surface area (Å²) < 4.78 is 0. The number of nitrogens with zero attached hydrogens (tertiary/aromatic N) is 1. The average Bonchev–Trinajstić information content (AvgIpc) is 2.78. The monoisotopic (exact) mass is 428 g/mol. The summed E-state index contributed by atoms with van der Waals surface area (Å²) >= 11 is 0. The molecule has 2 aliphatic heterocycles. The molecule has 3 fully saturated rings. The third kappa shape index (κ3) is 5.66. The highest BCUT2D eigenvalue weighted by atomic mass is 16.2. The molecule has 31 heavy (non-hydrogen) atoms. The van der Waals surface area contributed by atoms with Gasteiger partial charge >= 0.3 is 0 Å². The SMILES string of the molecule is Cc1cccc(NC(=O)C[NH+]2CC[NH+](CC(=O)N3CC[C@@H]4CCCC[C@@H]4C3)CC2)c1C. The summed E-state index contributed by atoms with van der Waals surface area (Å²) in [4.78, 5) is 30.3. The lowest BCUT2D eigenvalue weighted by Gasteiger charge is -2.41. The molecule has 0 spiro atoms. The van der Waals surface area contributed by atoms with Crippen LogP contribution in [0.1, 0.15) is 43.2 Å². The number of hydrogen-bond donors (Lipinski definition) is 3. The predicted octanol–water partition coefficient (Wildman–Crippen LogP) is 0.0640. The maximum Gasteiger partial charge on any atom is 0.279 e. The second kappa shape index (κ2) is 10.1. The molecule has 2 saturated heterocycles. The van der Waals surface area contributed by atoms with Crippen LogP contribution in [0.15, 0.2) is 18.2 Å². The number of carbonyl (C=O) groups is 2. The van der Waals surface area contributed by atoms with E-state index in [2.05, 4.69) is 23.2 Å². The number of benzene rings is 1. The van der Waals surface area contributed by atoms with E-state index in [9.17, 15) is 9.59 Å². The first-order valence-electron chi connectivity index (χ1n) is 12.3. The topological polar surface area (TPSA) is 58.3 Å². The molecule has 1 saturated carbocycles. The van der Waals surface area contributed by atoms with Gasteiger partial charge in [0, 0.05) is 18.8 Å². The Morgan fingerprint density at radius 1 is 0.968 bits per heavy atom.